The van der Waals surface area contributed by atoms with E-state index in [2.05, 4.69) is 72.3 Å². The van der Waals surface area contributed by atoms with Crippen LogP contribution in [-0.4, -0.2) is 9.97 Å². The molecule has 3 aromatic rings. The van der Waals surface area contributed by atoms with Crippen LogP contribution >= 0.6 is 0 Å². The summed E-state index contributed by atoms with van der Waals surface area (Å²) in [5.41, 5.74) is 4.99. The highest BCUT2D eigenvalue weighted by molar-refractivity contribution is 5.55. The molecule has 0 fully saturated rings. The van der Waals surface area contributed by atoms with Gasteiger partial charge in [0.1, 0.15) is 6.61 Å². The van der Waals surface area contributed by atoms with Gasteiger partial charge in [-0.05, 0) is 42.4 Å². The highest BCUT2D eigenvalue weighted by atomic mass is 16.5. The van der Waals surface area contributed by atoms with Crippen molar-refractivity contribution in [3.05, 3.63) is 77.6 Å². The quantitative estimate of drug-likeness (QED) is 0.243. The Balaban J connectivity index is 1.43. The second-order valence-electron chi connectivity index (χ2n) is 8.67. The maximum Gasteiger partial charge on any atom is 0.159 e. The third-order valence-corrected chi connectivity index (χ3v) is 5.91. The first-order valence-electron chi connectivity index (χ1n) is 12.4. The maximum atomic E-state index is 5.90. The number of aromatic nitrogens is 2. The van der Waals surface area contributed by atoms with Gasteiger partial charge in [0, 0.05) is 5.56 Å². The molecule has 3 rings (SSSR count). The lowest BCUT2D eigenvalue weighted by molar-refractivity contribution is 0.303. The highest BCUT2D eigenvalue weighted by Crippen LogP contribution is 2.19. The van der Waals surface area contributed by atoms with Crippen LogP contribution < -0.4 is 4.74 Å². The number of nitrogens with zero attached hydrogens (tertiary/aromatic N) is 2. The molecule has 0 saturated carbocycles. The zero-order valence-corrected chi connectivity index (χ0v) is 19.9. The Morgan fingerprint density at radius 2 is 1.12 bits per heavy atom. The van der Waals surface area contributed by atoms with Crippen molar-refractivity contribution in [3.63, 3.8) is 0 Å². The molecule has 0 aliphatic heterocycles. The SMILES string of the molecule is CCCCCCCCc1ccc(COc2cnc(-c3ccc(CCCC)cc3)nc2)cc1. The van der Waals surface area contributed by atoms with Crippen molar-refractivity contribution in [3.8, 4) is 17.1 Å². The number of hydrogen-bond donors (Lipinski definition) is 0. The summed E-state index contributed by atoms with van der Waals surface area (Å²) in [5, 5.41) is 0. The lowest BCUT2D eigenvalue weighted by Gasteiger charge is -2.08. The van der Waals surface area contributed by atoms with Crippen molar-refractivity contribution in [1.29, 1.82) is 0 Å². The summed E-state index contributed by atoms with van der Waals surface area (Å²) in [6.07, 6.45) is 16.3. The van der Waals surface area contributed by atoms with Crippen molar-refractivity contribution in [2.45, 2.75) is 84.7 Å². The van der Waals surface area contributed by atoms with Gasteiger partial charge in [-0.3, -0.25) is 0 Å². The molecule has 0 aliphatic carbocycles. The third kappa shape index (κ3) is 8.11. The van der Waals surface area contributed by atoms with E-state index in [-0.39, 0.29) is 0 Å². The van der Waals surface area contributed by atoms with E-state index in [1.165, 1.54) is 74.5 Å². The summed E-state index contributed by atoms with van der Waals surface area (Å²) in [4.78, 5) is 8.98. The molecule has 0 bridgehead atoms. The largest absolute Gasteiger partial charge is 0.486 e. The van der Waals surface area contributed by atoms with Crippen molar-refractivity contribution in [2.75, 3.05) is 0 Å². The predicted octanol–water partition coefficient (Wildman–Crippen LogP) is 7.97. The number of rotatable bonds is 14. The van der Waals surface area contributed by atoms with Crippen LogP contribution in [0.25, 0.3) is 11.4 Å². The van der Waals surface area contributed by atoms with Crippen LogP contribution in [0.2, 0.25) is 0 Å². The summed E-state index contributed by atoms with van der Waals surface area (Å²) >= 11 is 0. The van der Waals surface area contributed by atoms with E-state index < -0.39 is 0 Å². The summed E-state index contributed by atoms with van der Waals surface area (Å²) in [7, 11) is 0. The Morgan fingerprint density at radius 1 is 0.594 bits per heavy atom. The Bertz CT molecular complexity index is 886. The van der Waals surface area contributed by atoms with Crippen molar-refractivity contribution in [1.82, 2.24) is 9.97 Å². The smallest absolute Gasteiger partial charge is 0.159 e. The fourth-order valence-electron chi connectivity index (χ4n) is 3.82. The molecular formula is C29H38N2O. The predicted molar refractivity (Wildman–Crippen MR) is 134 cm³/mol. The van der Waals surface area contributed by atoms with Gasteiger partial charge in [0.15, 0.2) is 11.6 Å². The van der Waals surface area contributed by atoms with Crippen molar-refractivity contribution >= 4 is 0 Å². The minimum Gasteiger partial charge on any atom is -0.486 e. The number of ether oxygens (including phenoxy) is 1. The fraction of sp³-hybridized carbons (Fsp3) is 0.448. The van der Waals surface area contributed by atoms with Crippen LogP contribution in [0, 0.1) is 0 Å². The molecule has 0 unspecified atom stereocenters. The van der Waals surface area contributed by atoms with E-state index >= 15 is 0 Å². The molecule has 0 amide bonds. The normalized spacial score (nSPS) is 10.9. The first kappa shape index (κ1) is 24.0. The van der Waals surface area contributed by atoms with Gasteiger partial charge in [-0.2, -0.15) is 0 Å². The Kier molecular flexibility index (Phi) is 10.2. The highest BCUT2D eigenvalue weighted by Gasteiger charge is 2.04. The van der Waals surface area contributed by atoms with E-state index in [1.54, 1.807) is 12.4 Å². The lowest BCUT2D eigenvalue weighted by Crippen LogP contribution is -1.98. The first-order valence-corrected chi connectivity index (χ1v) is 12.4. The third-order valence-electron chi connectivity index (χ3n) is 5.91. The van der Waals surface area contributed by atoms with Crippen LogP contribution in [0.1, 0.15) is 81.9 Å². The lowest BCUT2D eigenvalue weighted by atomic mass is 10.0. The molecule has 0 aliphatic rings. The molecule has 3 heteroatoms. The Labute approximate surface area is 194 Å². The second-order valence-corrected chi connectivity index (χ2v) is 8.67. The van der Waals surface area contributed by atoms with Crippen molar-refractivity contribution < 1.29 is 4.74 Å². The zero-order valence-electron chi connectivity index (χ0n) is 19.9. The first-order chi connectivity index (χ1) is 15.8. The summed E-state index contributed by atoms with van der Waals surface area (Å²) in [6, 6.07) is 17.4. The van der Waals surface area contributed by atoms with Crippen LogP contribution in [0.5, 0.6) is 5.75 Å². The average Bonchev–Trinajstić information content (AvgIpc) is 2.85. The Morgan fingerprint density at radius 3 is 1.78 bits per heavy atom. The molecule has 3 nitrogen and oxygen atoms in total. The van der Waals surface area contributed by atoms with Gasteiger partial charge in [0.2, 0.25) is 0 Å². The number of unbranched alkanes of at least 4 members (excludes halogenated alkanes) is 6. The van der Waals surface area contributed by atoms with Crippen LogP contribution in [0.3, 0.4) is 0 Å². The van der Waals surface area contributed by atoms with Crippen molar-refractivity contribution in [2.24, 2.45) is 0 Å². The van der Waals surface area contributed by atoms with E-state index in [1.807, 2.05) is 0 Å². The van der Waals surface area contributed by atoms with Gasteiger partial charge in [-0.1, -0.05) is 101 Å². The summed E-state index contributed by atoms with van der Waals surface area (Å²) in [6.45, 7) is 5.02. The fourth-order valence-corrected chi connectivity index (χ4v) is 3.82. The molecule has 0 radical (unpaired) electrons. The molecule has 0 atom stereocenters. The molecule has 32 heavy (non-hydrogen) atoms. The summed E-state index contributed by atoms with van der Waals surface area (Å²) < 4.78 is 5.90. The van der Waals surface area contributed by atoms with Gasteiger partial charge < -0.3 is 4.74 Å². The van der Waals surface area contributed by atoms with E-state index in [0.29, 0.717) is 12.4 Å². The standard InChI is InChI=1S/C29H38N2O/c1-3-5-7-8-9-10-12-25-13-15-26(16-14-25)23-32-28-21-30-29(31-22-28)27-19-17-24(18-20-27)11-6-4-2/h13-22H,3-12,23H2,1-2H3. The van der Waals surface area contributed by atoms with E-state index in [4.69, 9.17) is 4.74 Å². The number of hydrogen-bond acceptors (Lipinski definition) is 3. The molecule has 0 spiro atoms. The molecular weight excluding hydrogens is 392 g/mol. The zero-order chi connectivity index (χ0) is 22.4. The minimum atomic E-state index is 0.534. The van der Waals surface area contributed by atoms with Crippen LogP contribution in [0.15, 0.2) is 60.9 Å². The molecule has 170 valence electrons. The molecule has 0 saturated heterocycles. The second kappa shape index (κ2) is 13.7. The van der Waals surface area contributed by atoms with Crippen LogP contribution in [0.4, 0.5) is 0 Å². The van der Waals surface area contributed by atoms with Gasteiger partial charge >= 0.3 is 0 Å². The molecule has 1 aromatic heterocycles. The van der Waals surface area contributed by atoms with E-state index in [9.17, 15) is 0 Å². The minimum absolute atomic E-state index is 0.534. The Hall–Kier alpha value is -2.68. The average molecular weight is 431 g/mol. The van der Waals surface area contributed by atoms with Gasteiger partial charge in [-0.25, -0.2) is 9.97 Å². The molecule has 0 N–H and O–H groups in total. The van der Waals surface area contributed by atoms with E-state index in [0.717, 1.165) is 17.8 Å². The van der Waals surface area contributed by atoms with Gasteiger partial charge in [-0.15, -0.1) is 0 Å². The number of benzene rings is 2. The van der Waals surface area contributed by atoms with Gasteiger partial charge in [0.05, 0.1) is 12.4 Å². The molecule has 2 aromatic carbocycles. The van der Waals surface area contributed by atoms with Crippen LogP contribution in [-0.2, 0) is 19.4 Å². The van der Waals surface area contributed by atoms with Gasteiger partial charge in [0.25, 0.3) is 0 Å². The molecule has 1 heterocycles. The maximum absolute atomic E-state index is 5.90. The number of aryl methyl sites for hydroxylation is 2. The topological polar surface area (TPSA) is 35.0 Å². The summed E-state index contributed by atoms with van der Waals surface area (Å²) in [5.74, 6) is 1.43. The monoisotopic (exact) mass is 430 g/mol.